The van der Waals surface area contributed by atoms with Crippen molar-refractivity contribution in [3.8, 4) is 11.3 Å². The Morgan fingerprint density at radius 2 is 2.02 bits per heavy atom. The summed E-state index contributed by atoms with van der Waals surface area (Å²) in [6.07, 6.45) is 3.60. The molecule has 0 spiro atoms. The van der Waals surface area contributed by atoms with E-state index in [4.69, 9.17) is 26.1 Å². The molecule has 2 aromatic heterocycles. The van der Waals surface area contributed by atoms with E-state index in [1.165, 1.54) is 0 Å². The van der Waals surface area contributed by atoms with Gasteiger partial charge >= 0.3 is 12.1 Å². The first-order chi connectivity index (χ1) is 20.3. The van der Waals surface area contributed by atoms with E-state index >= 15 is 0 Å². The number of benzene rings is 1. The van der Waals surface area contributed by atoms with Crippen LogP contribution in [0.25, 0.3) is 22.4 Å². The number of nitrogens with zero attached hydrogens (tertiary/aromatic N) is 5. The molecule has 0 bridgehead atoms. The molecule has 0 radical (unpaired) electrons. The van der Waals surface area contributed by atoms with Gasteiger partial charge in [-0.1, -0.05) is 11.6 Å². The monoisotopic (exact) mass is 610 g/mol. The van der Waals surface area contributed by atoms with Crippen LogP contribution in [0.3, 0.4) is 0 Å². The van der Waals surface area contributed by atoms with Crippen LogP contribution in [0.5, 0.6) is 0 Å². The van der Waals surface area contributed by atoms with Crippen LogP contribution in [-0.4, -0.2) is 97.0 Å². The van der Waals surface area contributed by atoms with Crippen LogP contribution in [0, 0.1) is 0 Å². The largest absolute Gasteiger partial charge is 0.444 e. The molecule has 43 heavy (non-hydrogen) atoms. The minimum Gasteiger partial charge on any atom is -0.444 e. The smallest absolute Gasteiger partial charge is 0.410 e. The molecular weight excluding hydrogens is 572 g/mol. The average Bonchev–Trinajstić information content (AvgIpc) is 3.47. The van der Waals surface area contributed by atoms with E-state index in [9.17, 15) is 14.7 Å². The lowest BCUT2D eigenvalue weighted by Crippen LogP contribution is -2.51. The van der Waals surface area contributed by atoms with Gasteiger partial charge in [0.15, 0.2) is 5.65 Å². The Labute approximate surface area is 256 Å². The van der Waals surface area contributed by atoms with Gasteiger partial charge < -0.3 is 29.4 Å². The van der Waals surface area contributed by atoms with E-state index in [2.05, 4.69) is 16.0 Å². The fourth-order valence-corrected chi connectivity index (χ4v) is 6.61. The molecule has 11 nitrogen and oxygen atoms in total. The van der Waals surface area contributed by atoms with E-state index in [1.54, 1.807) is 22.2 Å². The van der Waals surface area contributed by atoms with Gasteiger partial charge in [-0.3, -0.25) is 4.90 Å². The Hall–Kier alpha value is -3.41. The number of aromatic amines is 1. The van der Waals surface area contributed by atoms with Gasteiger partial charge in [0.05, 0.1) is 42.3 Å². The highest BCUT2D eigenvalue weighted by Gasteiger charge is 2.43. The zero-order valence-electron chi connectivity index (χ0n) is 25.3. The second-order valence-electron chi connectivity index (χ2n) is 13.3. The van der Waals surface area contributed by atoms with Gasteiger partial charge in [-0.15, -0.1) is 0 Å². The van der Waals surface area contributed by atoms with E-state index in [0.717, 1.165) is 22.3 Å². The van der Waals surface area contributed by atoms with Gasteiger partial charge in [0.1, 0.15) is 11.1 Å². The van der Waals surface area contributed by atoms with Crippen LogP contribution in [0.1, 0.15) is 63.8 Å². The number of likely N-dealkylation sites (tertiary alicyclic amines) is 1. The first-order valence-electron chi connectivity index (χ1n) is 14.8. The number of β-amino-alcohol motifs (C(OH)–C–C–N with tert-alkyl or cyclic N) is 1. The summed E-state index contributed by atoms with van der Waals surface area (Å²) in [5, 5.41) is 10.8. The number of aliphatic hydroxyl groups excluding tert-OH is 1. The van der Waals surface area contributed by atoms with E-state index in [0.29, 0.717) is 74.1 Å². The fourth-order valence-electron chi connectivity index (χ4n) is 6.42. The van der Waals surface area contributed by atoms with Crippen LogP contribution >= 0.6 is 11.6 Å². The van der Waals surface area contributed by atoms with Crippen molar-refractivity contribution in [1.29, 1.82) is 0 Å². The van der Waals surface area contributed by atoms with Crippen molar-refractivity contribution in [1.82, 2.24) is 29.7 Å². The number of aliphatic hydroxyl groups is 1. The zero-order valence-corrected chi connectivity index (χ0v) is 26.1. The molecule has 230 valence electrons. The molecule has 2 N–H and O–H groups in total. The third-order valence-corrected chi connectivity index (χ3v) is 8.77. The van der Waals surface area contributed by atoms with Crippen LogP contribution < -0.4 is 0 Å². The molecule has 3 aliphatic heterocycles. The number of carbonyl (C=O) groups excluding carboxylic acids is 2. The maximum absolute atomic E-state index is 13.8. The molecule has 12 heteroatoms. The highest BCUT2D eigenvalue weighted by Crippen LogP contribution is 2.38. The molecular formula is C31H39ClN6O5. The molecule has 2 fully saturated rings. The number of hydrogen-bond acceptors (Lipinski definition) is 7. The molecule has 6 rings (SSSR count). The summed E-state index contributed by atoms with van der Waals surface area (Å²) in [4.78, 5) is 44.9. The van der Waals surface area contributed by atoms with Crippen molar-refractivity contribution in [2.24, 2.45) is 0 Å². The SMILES string of the molecule is CC(C)(C)OC(=O)N1CCOC[C@H]1c1cc(-c2cnc3[nH]cc(Cl)c3n2)cc2c1CN(C(=O)N1CC(O)CC1(C)C)CC2. The standard InChI is InChI=1S/C31H39ClN6O5/c1-30(2,3)43-29(41)37-8-9-42-17-25(37)21-11-19(24-14-34-27-26(35-24)23(32)13-33-27)10-18-6-7-36(16-22(18)21)28(40)38-15-20(39)12-31(38,4)5/h10-11,13-14,20,25,39H,6-9,12,15-17H2,1-5H3,(H,33,34)/t20?,25-/m0/s1. The van der Waals surface area contributed by atoms with Crippen molar-refractivity contribution in [3.63, 3.8) is 0 Å². The van der Waals surface area contributed by atoms with Crippen LogP contribution in [-0.2, 0) is 22.4 Å². The topological polar surface area (TPSA) is 124 Å². The predicted octanol–water partition coefficient (Wildman–Crippen LogP) is 4.91. The lowest BCUT2D eigenvalue weighted by molar-refractivity contribution is -0.0334. The second-order valence-corrected chi connectivity index (χ2v) is 13.7. The molecule has 3 amide bonds. The number of rotatable bonds is 2. The summed E-state index contributed by atoms with van der Waals surface area (Å²) in [7, 11) is 0. The molecule has 2 saturated heterocycles. The minimum atomic E-state index is -0.654. The first-order valence-corrected chi connectivity index (χ1v) is 15.2. The lowest BCUT2D eigenvalue weighted by atomic mass is 9.87. The average molecular weight is 611 g/mol. The molecule has 2 atom stereocenters. The number of ether oxygens (including phenoxy) is 2. The van der Waals surface area contributed by atoms with Gasteiger partial charge in [-0.25, -0.2) is 19.6 Å². The summed E-state index contributed by atoms with van der Waals surface area (Å²) < 4.78 is 11.7. The predicted molar refractivity (Wildman–Crippen MR) is 162 cm³/mol. The van der Waals surface area contributed by atoms with Gasteiger partial charge in [-0.05, 0) is 76.3 Å². The maximum atomic E-state index is 13.8. The number of amides is 3. The van der Waals surface area contributed by atoms with Crippen molar-refractivity contribution < 1.29 is 24.2 Å². The number of morpholine rings is 1. The highest BCUT2D eigenvalue weighted by molar-refractivity contribution is 6.34. The Bertz CT molecular complexity index is 1570. The summed E-state index contributed by atoms with van der Waals surface area (Å²) in [6.45, 7) is 11.8. The van der Waals surface area contributed by atoms with Gasteiger partial charge in [-0.2, -0.15) is 0 Å². The molecule has 0 saturated carbocycles. The Kier molecular flexibility index (Phi) is 7.55. The van der Waals surface area contributed by atoms with Crippen LogP contribution in [0.2, 0.25) is 5.02 Å². The summed E-state index contributed by atoms with van der Waals surface area (Å²) in [5.74, 6) is 0. The summed E-state index contributed by atoms with van der Waals surface area (Å²) in [6, 6.07) is 3.61. The molecule has 1 unspecified atom stereocenters. The molecule has 5 heterocycles. The third-order valence-electron chi connectivity index (χ3n) is 8.48. The van der Waals surface area contributed by atoms with Crippen molar-refractivity contribution >= 4 is 34.9 Å². The first kappa shape index (κ1) is 29.7. The number of halogens is 1. The van der Waals surface area contributed by atoms with Crippen LogP contribution in [0.4, 0.5) is 9.59 Å². The molecule has 1 aromatic carbocycles. The summed E-state index contributed by atoms with van der Waals surface area (Å²) in [5.41, 5.74) is 4.55. The Morgan fingerprint density at radius 3 is 2.74 bits per heavy atom. The van der Waals surface area contributed by atoms with Crippen LogP contribution in [0.15, 0.2) is 24.5 Å². The molecule has 3 aromatic rings. The minimum absolute atomic E-state index is 0.0930. The Morgan fingerprint density at radius 1 is 1.23 bits per heavy atom. The van der Waals surface area contributed by atoms with Gasteiger partial charge in [0, 0.05) is 43.5 Å². The van der Waals surface area contributed by atoms with E-state index in [1.807, 2.05) is 45.6 Å². The normalized spacial score (nSPS) is 22.2. The number of H-pyrrole nitrogens is 1. The highest BCUT2D eigenvalue weighted by atomic mass is 35.5. The van der Waals surface area contributed by atoms with Crippen molar-refractivity contribution in [2.75, 3.05) is 32.8 Å². The molecule has 3 aliphatic rings. The second kappa shape index (κ2) is 10.9. The Balaban J connectivity index is 1.42. The molecule has 0 aliphatic carbocycles. The van der Waals surface area contributed by atoms with Crippen molar-refractivity contribution in [3.05, 3.63) is 46.2 Å². The number of carbonyl (C=O) groups is 2. The van der Waals surface area contributed by atoms with E-state index < -0.39 is 29.4 Å². The third kappa shape index (κ3) is 5.77. The van der Waals surface area contributed by atoms with Crippen molar-refractivity contribution in [2.45, 2.75) is 77.3 Å². The number of fused-ring (bicyclic) bond motifs is 2. The van der Waals surface area contributed by atoms with E-state index in [-0.39, 0.29) is 6.03 Å². The maximum Gasteiger partial charge on any atom is 0.410 e. The number of urea groups is 1. The van der Waals surface area contributed by atoms with Gasteiger partial charge in [0.25, 0.3) is 0 Å². The number of hydrogen-bond donors (Lipinski definition) is 2. The number of nitrogens with one attached hydrogen (secondary N) is 1. The zero-order chi connectivity index (χ0) is 30.7. The summed E-state index contributed by atoms with van der Waals surface area (Å²) >= 11 is 6.37. The quantitative estimate of drug-likeness (QED) is 0.422. The lowest BCUT2D eigenvalue weighted by Gasteiger charge is -2.41. The van der Waals surface area contributed by atoms with Gasteiger partial charge in [0.2, 0.25) is 0 Å². The fraction of sp³-hybridized carbons (Fsp3) is 0.548. The number of aromatic nitrogens is 3.